The van der Waals surface area contributed by atoms with Gasteiger partial charge in [0.15, 0.2) is 0 Å². The Morgan fingerprint density at radius 3 is 2.95 bits per heavy atom. The van der Waals surface area contributed by atoms with Crippen LogP contribution in [0.2, 0.25) is 0 Å². The van der Waals surface area contributed by atoms with Gasteiger partial charge in [-0.3, -0.25) is 0 Å². The molecule has 0 spiro atoms. The number of aryl methyl sites for hydroxylation is 1. The van der Waals surface area contributed by atoms with Crippen LogP contribution in [-0.2, 0) is 19.4 Å². The van der Waals surface area contributed by atoms with Crippen molar-refractivity contribution in [1.82, 2.24) is 5.32 Å². The van der Waals surface area contributed by atoms with E-state index in [0.717, 1.165) is 44.0 Å². The first-order valence-corrected chi connectivity index (χ1v) is 7.85. The van der Waals surface area contributed by atoms with Crippen molar-refractivity contribution in [1.29, 1.82) is 0 Å². The molecule has 0 radical (unpaired) electrons. The zero-order chi connectivity index (χ0) is 15.4. The van der Waals surface area contributed by atoms with E-state index in [-0.39, 0.29) is 0 Å². The molecule has 22 heavy (non-hydrogen) atoms. The molecule has 116 valence electrons. The molecule has 3 rings (SSSR count). The average Bonchev–Trinajstić information content (AvgIpc) is 2.99. The predicted octanol–water partition coefficient (Wildman–Crippen LogP) is 3.27. The van der Waals surface area contributed by atoms with Crippen molar-refractivity contribution in [3.63, 3.8) is 0 Å². The predicted molar refractivity (Wildman–Crippen MR) is 88.8 cm³/mol. The van der Waals surface area contributed by atoms with Gasteiger partial charge in [-0.15, -0.1) is 0 Å². The number of hydrogen-bond acceptors (Lipinski definition) is 3. The Labute approximate surface area is 132 Å². The quantitative estimate of drug-likeness (QED) is 0.830. The second-order valence-electron chi connectivity index (χ2n) is 5.78. The van der Waals surface area contributed by atoms with Crippen molar-refractivity contribution in [2.75, 3.05) is 20.3 Å². The number of rotatable bonds is 6. The van der Waals surface area contributed by atoms with Crippen LogP contribution in [0.1, 0.15) is 22.3 Å². The van der Waals surface area contributed by atoms with E-state index < -0.39 is 0 Å². The van der Waals surface area contributed by atoms with Crippen molar-refractivity contribution in [3.8, 4) is 11.5 Å². The number of ether oxygens (including phenoxy) is 2. The van der Waals surface area contributed by atoms with E-state index in [1.54, 1.807) is 7.11 Å². The minimum Gasteiger partial charge on any atom is -0.496 e. The highest BCUT2D eigenvalue weighted by molar-refractivity contribution is 5.40. The zero-order valence-electron chi connectivity index (χ0n) is 13.3. The molecule has 2 aromatic carbocycles. The van der Waals surface area contributed by atoms with E-state index in [0.29, 0.717) is 0 Å². The molecule has 2 aromatic rings. The number of fused-ring (bicyclic) bond motifs is 1. The number of hydrogen-bond donors (Lipinski definition) is 1. The van der Waals surface area contributed by atoms with Gasteiger partial charge in [0.05, 0.1) is 13.7 Å². The van der Waals surface area contributed by atoms with Gasteiger partial charge in [-0.1, -0.05) is 29.8 Å². The third-order valence-electron chi connectivity index (χ3n) is 4.09. The van der Waals surface area contributed by atoms with Crippen molar-refractivity contribution in [3.05, 3.63) is 58.7 Å². The second kappa shape index (κ2) is 6.84. The molecular weight excluding hydrogens is 274 g/mol. The molecule has 0 saturated carbocycles. The fourth-order valence-electron chi connectivity index (χ4n) is 2.91. The standard InChI is InChI=1S/C19H23NO2/c1-14-3-5-18(21-2)16(11-14)7-9-20-13-15-4-6-19-17(12-15)8-10-22-19/h3-6,11-12,20H,7-10,13H2,1-2H3. The molecular formula is C19H23NO2. The summed E-state index contributed by atoms with van der Waals surface area (Å²) < 4.78 is 11.0. The molecule has 1 aliphatic rings. The Morgan fingerprint density at radius 2 is 2.09 bits per heavy atom. The van der Waals surface area contributed by atoms with E-state index >= 15 is 0 Å². The third kappa shape index (κ3) is 3.42. The summed E-state index contributed by atoms with van der Waals surface area (Å²) in [6.07, 6.45) is 2.00. The monoisotopic (exact) mass is 297 g/mol. The first-order valence-electron chi connectivity index (χ1n) is 7.85. The van der Waals surface area contributed by atoms with Gasteiger partial charge >= 0.3 is 0 Å². The normalized spacial score (nSPS) is 12.8. The molecule has 0 saturated heterocycles. The number of methoxy groups -OCH3 is 1. The van der Waals surface area contributed by atoms with E-state index in [4.69, 9.17) is 9.47 Å². The molecule has 1 aliphatic heterocycles. The van der Waals surface area contributed by atoms with Gasteiger partial charge in [0.2, 0.25) is 0 Å². The lowest BCUT2D eigenvalue weighted by atomic mass is 10.1. The SMILES string of the molecule is COc1ccc(C)cc1CCNCc1ccc2c(c1)CCO2. The molecule has 0 atom stereocenters. The van der Waals surface area contributed by atoms with E-state index in [9.17, 15) is 0 Å². The lowest BCUT2D eigenvalue weighted by Crippen LogP contribution is -2.17. The summed E-state index contributed by atoms with van der Waals surface area (Å²) in [5.74, 6) is 2.02. The van der Waals surface area contributed by atoms with Gasteiger partial charge in [-0.2, -0.15) is 0 Å². The van der Waals surface area contributed by atoms with Crippen LogP contribution in [0.5, 0.6) is 11.5 Å². The van der Waals surface area contributed by atoms with Crippen LogP contribution in [0, 0.1) is 6.92 Å². The molecule has 0 unspecified atom stereocenters. The average molecular weight is 297 g/mol. The van der Waals surface area contributed by atoms with Gasteiger partial charge < -0.3 is 14.8 Å². The fourth-order valence-corrected chi connectivity index (χ4v) is 2.91. The molecule has 1 N–H and O–H groups in total. The lowest BCUT2D eigenvalue weighted by Gasteiger charge is -2.10. The molecule has 1 heterocycles. The van der Waals surface area contributed by atoms with Crippen molar-refractivity contribution >= 4 is 0 Å². The van der Waals surface area contributed by atoms with E-state index in [2.05, 4.69) is 42.6 Å². The molecule has 0 fully saturated rings. The van der Waals surface area contributed by atoms with Gasteiger partial charge in [0, 0.05) is 13.0 Å². The van der Waals surface area contributed by atoms with Crippen LogP contribution < -0.4 is 14.8 Å². The summed E-state index contributed by atoms with van der Waals surface area (Å²) in [5.41, 5.74) is 5.19. The van der Waals surface area contributed by atoms with Crippen LogP contribution in [0.3, 0.4) is 0 Å². The third-order valence-corrected chi connectivity index (χ3v) is 4.09. The fraction of sp³-hybridized carbons (Fsp3) is 0.368. The van der Waals surface area contributed by atoms with Crippen LogP contribution in [-0.4, -0.2) is 20.3 Å². The first kappa shape index (κ1) is 14.9. The van der Waals surface area contributed by atoms with Crippen LogP contribution >= 0.6 is 0 Å². The minimum atomic E-state index is 0.819. The summed E-state index contributed by atoms with van der Waals surface area (Å²) in [6, 6.07) is 12.8. The lowest BCUT2D eigenvalue weighted by molar-refractivity contribution is 0.357. The maximum Gasteiger partial charge on any atom is 0.122 e. The molecule has 3 heteroatoms. The maximum atomic E-state index is 5.54. The van der Waals surface area contributed by atoms with Gasteiger partial charge in [0.1, 0.15) is 11.5 Å². The Morgan fingerprint density at radius 1 is 1.18 bits per heavy atom. The maximum absolute atomic E-state index is 5.54. The van der Waals surface area contributed by atoms with Crippen molar-refractivity contribution < 1.29 is 9.47 Å². The Kier molecular flexibility index (Phi) is 4.64. The summed E-state index contributed by atoms with van der Waals surface area (Å²) >= 11 is 0. The number of benzene rings is 2. The number of nitrogens with one attached hydrogen (secondary N) is 1. The smallest absolute Gasteiger partial charge is 0.122 e. The van der Waals surface area contributed by atoms with Crippen molar-refractivity contribution in [2.45, 2.75) is 26.3 Å². The Bertz CT molecular complexity index is 652. The van der Waals surface area contributed by atoms with Gasteiger partial charge in [-0.05, 0) is 48.7 Å². The van der Waals surface area contributed by atoms with E-state index in [1.165, 1.54) is 22.3 Å². The molecule has 0 aromatic heterocycles. The van der Waals surface area contributed by atoms with Gasteiger partial charge in [-0.25, -0.2) is 0 Å². The largest absolute Gasteiger partial charge is 0.496 e. The highest BCUT2D eigenvalue weighted by Gasteiger charge is 2.11. The Balaban J connectivity index is 1.52. The molecule has 0 amide bonds. The van der Waals surface area contributed by atoms with Gasteiger partial charge in [0.25, 0.3) is 0 Å². The Hall–Kier alpha value is -2.00. The van der Waals surface area contributed by atoms with Crippen LogP contribution in [0.15, 0.2) is 36.4 Å². The highest BCUT2D eigenvalue weighted by Crippen LogP contribution is 2.25. The molecule has 3 nitrogen and oxygen atoms in total. The van der Waals surface area contributed by atoms with Crippen LogP contribution in [0.25, 0.3) is 0 Å². The minimum absolute atomic E-state index is 0.819. The molecule has 0 aliphatic carbocycles. The summed E-state index contributed by atoms with van der Waals surface area (Å²) in [4.78, 5) is 0. The zero-order valence-corrected chi connectivity index (χ0v) is 13.3. The van der Waals surface area contributed by atoms with Crippen LogP contribution in [0.4, 0.5) is 0 Å². The molecule has 0 bridgehead atoms. The summed E-state index contributed by atoms with van der Waals surface area (Å²) in [7, 11) is 1.73. The van der Waals surface area contributed by atoms with E-state index in [1.807, 2.05) is 6.07 Å². The van der Waals surface area contributed by atoms with Crippen molar-refractivity contribution in [2.24, 2.45) is 0 Å². The highest BCUT2D eigenvalue weighted by atomic mass is 16.5. The summed E-state index contributed by atoms with van der Waals surface area (Å²) in [6.45, 7) is 4.76. The summed E-state index contributed by atoms with van der Waals surface area (Å²) in [5, 5.41) is 3.52. The second-order valence-corrected chi connectivity index (χ2v) is 5.78. The topological polar surface area (TPSA) is 30.5 Å². The first-order chi connectivity index (χ1) is 10.8.